The molecule has 0 aromatic carbocycles. The monoisotopic (exact) mass is 434 g/mol. The van der Waals surface area contributed by atoms with Crippen LogP contribution in [0, 0.1) is 17.2 Å². The summed E-state index contributed by atoms with van der Waals surface area (Å²) in [5.74, 6) is -0.881. The molecule has 3 rings (SSSR count). The molecule has 0 unspecified atom stereocenters. The molecule has 8 nitrogen and oxygen atoms in total. The second kappa shape index (κ2) is 8.09. The Morgan fingerprint density at radius 1 is 1.23 bits per heavy atom. The molecule has 3 N–H and O–H groups in total. The maximum absolute atomic E-state index is 13.0. The summed E-state index contributed by atoms with van der Waals surface area (Å²) in [5.41, 5.74) is -0.358. The summed E-state index contributed by atoms with van der Waals surface area (Å²) in [5, 5.41) is 13.5. The molecule has 2 aliphatic rings. The molecular formula is C21H30N4O4S. The molecule has 2 aliphatic carbocycles. The third-order valence-electron chi connectivity index (χ3n) is 5.57. The third kappa shape index (κ3) is 4.88. The smallest absolute Gasteiger partial charge is 0.270 e. The summed E-state index contributed by atoms with van der Waals surface area (Å²) < 4.78 is 25.9. The first kappa shape index (κ1) is 22.4. The van der Waals surface area contributed by atoms with Gasteiger partial charge in [0.25, 0.3) is 5.91 Å². The molecular weight excluding hydrogens is 404 g/mol. The van der Waals surface area contributed by atoms with Gasteiger partial charge in [0.1, 0.15) is 11.5 Å². The molecule has 2 saturated carbocycles. The van der Waals surface area contributed by atoms with E-state index >= 15 is 0 Å². The van der Waals surface area contributed by atoms with Crippen molar-refractivity contribution in [2.75, 3.05) is 5.75 Å². The molecule has 1 heterocycles. The van der Waals surface area contributed by atoms with Crippen LogP contribution in [0.1, 0.15) is 75.3 Å². The van der Waals surface area contributed by atoms with E-state index in [1.807, 2.05) is 13.8 Å². The molecule has 0 bridgehead atoms. The first-order valence-corrected chi connectivity index (χ1v) is 12.0. The van der Waals surface area contributed by atoms with E-state index in [-0.39, 0.29) is 46.0 Å². The van der Waals surface area contributed by atoms with Crippen molar-refractivity contribution >= 4 is 27.5 Å². The number of carbonyl (C=O) groups excluding carboxylic acids is 2. The minimum absolute atomic E-state index is 0.00332. The van der Waals surface area contributed by atoms with Crippen LogP contribution in [-0.4, -0.2) is 42.3 Å². The Bertz CT molecular complexity index is 981. The van der Waals surface area contributed by atoms with Crippen molar-refractivity contribution in [1.82, 2.24) is 15.6 Å². The van der Waals surface area contributed by atoms with Crippen LogP contribution in [-0.2, 0) is 14.6 Å². The fourth-order valence-corrected chi connectivity index (χ4v) is 5.55. The van der Waals surface area contributed by atoms with Crippen LogP contribution in [0.3, 0.4) is 0 Å². The lowest BCUT2D eigenvalue weighted by atomic mass is 9.93. The SMILES string of the molecule is CC(=O)NC(=N)[C@@](C)(NC(=O)c1ccc(C2CC2)c(S(=O)(=O)CC(C)C)n1)C1CC1. The molecule has 1 atom stereocenters. The van der Waals surface area contributed by atoms with Crippen LogP contribution in [0.2, 0.25) is 0 Å². The van der Waals surface area contributed by atoms with Crippen LogP contribution in [0.15, 0.2) is 17.2 Å². The van der Waals surface area contributed by atoms with Gasteiger partial charge in [0.05, 0.1) is 11.3 Å². The molecule has 1 aromatic rings. The minimum atomic E-state index is -3.62. The number of nitrogens with one attached hydrogen (secondary N) is 3. The van der Waals surface area contributed by atoms with Gasteiger partial charge in [-0.05, 0) is 62.0 Å². The summed E-state index contributed by atoms with van der Waals surface area (Å²) in [6, 6.07) is 3.24. The summed E-state index contributed by atoms with van der Waals surface area (Å²) in [6.45, 7) is 6.68. The van der Waals surface area contributed by atoms with Crippen LogP contribution in [0.5, 0.6) is 0 Å². The molecule has 30 heavy (non-hydrogen) atoms. The summed E-state index contributed by atoms with van der Waals surface area (Å²) in [6.07, 6.45) is 3.51. The molecule has 0 aliphatic heterocycles. The van der Waals surface area contributed by atoms with Crippen molar-refractivity contribution in [3.8, 4) is 0 Å². The highest BCUT2D eigenvalue weighted by atomic mass is 32.2. The zero-order valence-electron chi connectivity index (χ0n) is 17.9. The molecule has 0 radical (unpaired) electrons. The number of nitrogens with zero attached hydrogens (tertiary/aromatic N) is 1. The van der Waals surface area contributed by atoms with Gasteiger partial charge in [-0.15, -0.1) is 0 Å². The Balaban J connectivity index is 1.91. The molecule has 9 heteroatoms. The lowest BCUT2D eigenvalue weighted by Crippen LogP contribution is -2.59. The summed E-state index contributed by atoms with van der Waals surface area (Å²) in [7, 11) is -3.62. The minimum Gasteiger partial charge on any atom is -0.338 e. The lowest BCUT2D eigenvalue weighted by Gasteiger charge is -2.31. The predicted molar refractivity (Wildman–Crippen MR) is 113 cm³/mol. The van der Waals surface area contributed by atoms with Gasteiger partial charge in [-0.3, -0.25) is 15.0 Å². The van der Waals surface area contributed by atoms with Gasteiger partial charge in [-0.1, -0.05) is 19.9 Å². The van der Waals surface area contributed by atoms with E-state index in [0.29, 0.717) is 5.56 Å². The maximum Gasteiger partial charge on any atom is 0.270 e. The number of amides is 2. The van der Waals surface area contributed by atoms with Crippen molar-refractivity contribution in [3.63, 3.8) is 0 Å². The van der Waals surface area contributed by atoms with Crippen LogP contribution >= 0.6 is 0 Å². The van der Waals surface area contributed by atoms with E-state index in [1.165, 1.54) is 6.92 Å². The van der Waals surface area contributed by atoms with Gasteiger partial charge >= 0.3 is 0 Å². The van der Waals surface area contributed by atoms with Gasteiger partial charge in [-0.2, -0.15) is 0 Å². The van der Waals surface area contributed by atoms with Crippen molar-refractivity contribution in [2.24, 2.45) is 11.8 Å². The van der Waals surface area contributed by atoms with Crippen molar-refractivity contribution in [1.29, 1.82) is 5.41 Å². The Morgan fingerprint density at radius 2 is 1.87 bits per heavy atom. The molecule has 2 fully saturated rings. The second-order valence-electron chi connectivity index (χ2n) is 9.03. The van der Waals surface area contributed by atoms with Gasteiger partial charge in [0, 0.05) is 6.92 Å². The third-order valence-corrected chi connectivity index (χ3v) is 7.60. The number of aromatic nitrogens is 1. The van der Waals surface area contributed by atoms with E-state index in [1.54, 1.807) is 19.1 Å². The zero-order chi connectivity index (χ0) is 22.3. The molecule has 0 saturated heterocycles. The number of hydrogen-bond donors (Lipinski definition) is 3. The van der Waals surface area contributed by atoms with Crippen LogP contribution < -0.4 is 10.6 Å². The quantitative estimate of drug-likeness (QED) is 0.427. The first-order chi connectivity index (χ1) is 13.9. The summed E-state index contributed by atoms with van der Waals surface area (Å²) in [4.78, 5) is 28.7. The van der Waals surface area contributed by atoms with E-state index in [2.05, 4.69) is 15.6 Å². The molecule has 2 amide bonds. The van der Waals surface area contributed by atoms with Crippen molar-refractivity contribution < 1.29 is 18.0 Å². The highest BCUT2D eigenvalue weighted by molar-refractivity contribution is 7.91. The Morgan fingerprint density at radius 3 is 2.37 bits per heavy atom. The Hall–Kier alpha value is -2.29. The second-order valence-corrected chi connectivity index (χ2v) is 11.0. The fourth-order valence-electron chi connectivity index (χ4n) is 3.68. The highest BCUT2D eigenvalue weighted by Gasteiger charge is 2.46. The topological polar surface area (TPSA) is 129 Å². The fraction of sp³-hybridized carbons (Fsp3) is 0.619. The van der Waals surface area contributed by atoms with Gasteiger partial charge in [0.15, 0.2) is 14.9 Å². The number of sulfone groups is 1. The lowest BCUT2D eigenvalue weighted by molar-refractivity contribution is -0.117. The zero-order valence-corrected chi connectivity index (χ0v) is 18.7. The average molecular weight is 435 g/mol. The summed E-state index contributed by atoms with van der Waals surface area (Å²) >= 11 is 0. The molecule has 0 spiro atoms. The average Bonchev–Trinajstić information content (AvgIpc) is 3.52. The van der Waals surface area contributed by atoms with E-state index in [9.17, 15) is 18.0 Å². The van der Waals surface area contributed by atoms with Crippen molar-refractivity contribution in [2.45, 2.75) is 69.9 Å². The number of amidine groups is 1. The maximum atomic E-state index is 13.0. The largest absolute Gasteiger partial charge is 0.338 e. The van der Waals surface area contributed by atoms with Gasteiger partial charge in [0.2, 0.25) is 5.91 Å². The standard InChI is InChI=1S/C21H30N4O4S/c1-12(2)11-30(28,29)19-16(14-5-6-14)9-10-17(24-19)18(27)25-21(4,15-7-8-15)20(22)23-13(3)26/h9-10,12,14-15H,5-8,11H2,1-4H3,(H,25,27)(H2,22,23,26)/t21-/m0/s1. The normalized spacial score (nSPS) is 18.6. The van der Waals surface area contributed by atoms with E-state index in [4.69, 9.17) is 5.41 Å². The van der Waals surface area contributed by atoms with Gasteiger partial charge < -0.3 is 10.6 Å². The molecule has 1 aromatic heterocycles. The first-order valence-electron chi connectivity index (χ1n) is 10.4. The number of hydrogen-bond acceptors (Lipinski definition) is 6. The Labute approximate surface area is 177 Å². The van der Waals surface area contributed by atoms with E-state index < -0.39 is 21.3 Å². The number of carbonyl (C=O) groups is 2. The Kier molecular flexibility index (Phi) is 6.04. The van der Waals surface area contributed by atoms with Crippen LogP contribution in [0.4, 0.5) is 0 Å². The molecule has 164 valence electrons. The number of pyridine rings is 1. The number of rotatable bonds is 8. The predicted octanol–water partition coefficient (Wildman–Crippen LogP) is 2.40. The van der Waals surface area contributed by atoms with Crippen LogP contribution in [0.25, 0.3) is 0 Å². The van der Waals surface area contributed by atoms with Gasteiger partial charge in [-0.25, -0.2) is 13.4 Å². The van der Waals surface area contributed by atoms with E-state index in [0.717, 1.165) is 25.7 Å². The van der Waals surface area contributed by atoms with Crippen molar-refractivity contribution in [3.05, 3.63) is 23.4 Å². The highest BCUT2D eigenvalue weighted by Crippen LogP contribution is 2.43.